The van der Waals surface area contributed by atoms with Gasteiger partial charge in [-0.3, -0.25) is 19.4 Å². The minimum absolute atomic E-state index is 0.258. The fraction of sp³-hybridized carbons (Fsp3) is 0.727. The lowest BCUT2D eigenvalue weighted by Gasteiger charge is -2.14. The van der Waals surface area contributed by atoms with E-state index < -0.39 is 17.8 Å². The van der Waals surface area contributed by atoms with Crippen molar-refractivity contribution in [2.75, 3.05) is 26.2 Å². The highest BCUT2D eigenvalue weighted by Gasteiger charge is 2.43. The van der Waals surface area contributed by atoms with E-state index in [-0.39, 0.29) is 13.1 Å². The van der Waals surface area contributed by atoms with Crippen molar-refractivity contribution in [2.24, 2.45) is 11.5 Å². The van der Waals surface area contributed by atoms with Crippen LogP contribution >= 0.6 is 0 Å². The number of carbonyl (C=O) groups is 3. The number of imide groups is 2. The second-order valence-electron chi connectivity index (χ2n) is 4.19. The Kier molecular flexibility index (Phi) is 5.73. The van der Waals surface area contributed by atoms with E-state index in [2.05, 4.69) is 0 Å². The Morgan fingerprint density at radius 2 is 1.11 bits per heavy atom. The molecule has 0 bridgehead atoms. The van der Waals surface area contributed by atoms with E-state index >= 15 is 0 Å². The highest BCUT2D eigenvalue weighted by atomic mass is 16.2. The van der Waals surface area contributed by atoms with Gasteiger partial charge < -0.3 is 11.5 Å². The number of urea groups is 1. The van der Waals surface area contributed by atoms with Gasteiger partial charge in [0, 0.05) is 13.1 Å². The van der Waals surface area contributed by atoms with Crippen LogP contribution in [0.25, 0.3) is 0 Å². The molecule has 18 heavy (non-hydrogen) atoms. The maximum Gasteiger partial charge on any atom is 0.334 e. The van der Waals surface area contributed by atoms with E-state index in [1.165, 1.54) is 0 Å². The summed E-state index contributed by atoms with van der Waals surface area (Å²) in [6.45, 7) is 1.52. The quantitative estimate of drug-likeness (QED) is 0.337. The van der Waals surface area contributed by atoms with E-state index in [0.717, 1.165) is 22.6 Å². The van der Waals surface area contributed by atoms with Gasteiger partial charge in [-0.2, -0.15) is 0 Å². The second-order valence-corrected chi connectivity index (χ2v) is 4.19. The molecule has 1 saturated heterocycles. The van der Waals surface area contributed by atoms with Crippen molar-refractivity contribution in [3.05, 3.63) is 0 Å². The normalized spacial score (nSPS) is 16.0. The van der Waals surface area contributed by atoms with Gasteiger partial charge in [0.2, 0.25) is 0 Å². The average Bonchev–Trinajstić information content (AvgIpc) is 2.56. The van der Waals surface area contributed by atoms with Gasteiger partial charge in [0.25, 0.3) is 0 Å². The Balaban J connectivity index is 2.54. The lowest BCUT2D eigenvalue weighted by molar-refractivity contribution is -0.143. The fourth-order valence-electron chi connectivity index (χ4n) is 1.77. The first kappa shape index (κ1) is 14.6. The molecule has 4 N–H and O–H groups in total. The number of nitrogens with zero attached hydrogens (tertiary/aromatic N) is 2. The Labute approximate surface area is 106 Å². The van der Waals surface area contributed by atoms with Crippen LogP contribution in [0.15, 0.2) is 0 Å². The van der Waals surface area contributed by atoms with E-state index in [1.807, 2.05) is 0 Å². The molecular formula is C11H20N4O3. The third kappa shape index (κ3) is 3.27. The summed E-state index contributed by atoms with van der Waals surface area (Å²) in [6.07, 6.45) is 2.69. The molecule has 1 heterocycles. The summed E-state index contributed by atoms with van der Waals surface area (Å²) in [5.41, 5.74) is 10.7. The maximum atomic E-state index is 11.9. The molecule has 0 atom stereocenters. The highest BCUT2D eigenvalue weighted by molar-refractivity contribution is 6.44. The zero-order chi connectivity index (χ0) is 13.5. The molecule has 0 aromatic rings. The lowest BCUT2D eigenvalue weighted by Crippen LogP contribution is -2.34. The van der Waals surface area contributed by atoms with E-state index in [0.29, 0.717) is 25.9 Å². The number of nitrogens with two attached hydrogens (primary N) is 2. The van der Waals surface area contributed by atoms with Gasteiger partial charge in [0.05, 0.1) is 0 Å². The van der Waals surface area contributed by atoms with E-state index in [9.17, 15) is 14.4 Å². The van der Waals surface area contributed by atoms with Gasteiger partial charge in [-0.15, -0.1) is 0 Å². The van der Waals surface area contributed by atoms with E-state index in [1.54, 1.807) is 0 Å². The Hall–Kier alpha value is -1.47. The molecule has 7 nitrogen and oxygen atoms in total. The molecule has 1 fully saturated rings. The van der Waals surface area contributed by atoms with Crippen LogP contribution < -0.4 is 11.5 Å². The predicted molar refractivity (Wildman–Crippen MR) is 65.4 cm³/mol. The first-order chi connectivity index (χ1) is 8.63. The van der Waals surface area contributed by atoms with Crippen molar-refractivity contribution in [3.8, 4) is 0 Å². The van der Waals surface area contributed by atoms with Gasteiger partial charge in [-0.1, -0.05) is 0 Å². The first-order valence-corrected chi connectivity index (χ1v) is 6.21. The maximum absolute atomic E-state index is 11.9. The zero-order valence-electron chi connectivity index (χ0n) is 10.4. The van der Waals surface area contributed by atoms with Crippen LogP contribution in [0.5, 0.6) is 0 Å². The molecule has 7 heteroatoms. The molecule has 0 saturated carbocycles. The van der Waals surface area contributed by atoms with Gasteiger partial charge in [-0.05, 0) is 38.8 Å². The third-order valence-corrected chi connectivity index (χ3v) is 2.81. The number of amides is 4. The lowest BCUT2D eigenvalue weighted by atomic mass is 10.3. The molecular weight excluding hydrogens is 236 g/mol. The van der Waals surface area contributed by atoms with E-state index in [4.69, 9.17) is 11.5 Å². The second kappa shape index (κ2) is 7.07. The van der Waals surface area contributed by atoms with Crippen LogP contribution in [0.1, 0.15) is 25.7 Å². The van der Waals surface area contributed by atoms with Crippen LogP contribution in [0.2, 0.25) is 0 Å². The summed E-state index contributed by atoms with van der Waals surface area (Å²) in [5, 5.41) is 0. The van der Waals surface area contributed by atoms with Crippen LogP contribution in [-0.2, 0) is 9.59 Å². The number of hydrogen-bond donors (Lipinski definition) is 2. The minimum atomic E-state index is -0.732. The van der Waals surface area contributed by atoms with Crippen molar-refractivity contribution in [1.29, 1.82) is 0 Å². The summed E-state index contributed by atoms with van der Waals surface area (Å²) >= 11 is 0. The molecule has 0 unspecified atom stereocenters. The smallest absolute Gasteiger partial charge is 0.330 e. The van der Waals surface area contributed by atoms with Gasteiger partial charge in [0.15, 0.2) is 0 Å². The van der Waals surface area contributed by atoms with Crippen molar-refractivity contribution in [3.63, 3.8) is 0 Å². The fourth-order valence-corrected chi connectivity index (χ4v) is 1.77. The molecule has 0 spiro atoms. The molecule has 0 aliphatic carbocycles. The van der Waals surface area contributed by atoms with Crippen molar-refractivity contribution < 1.29 is 14.4 Å². The van der Waals surface area contributed by atoms with Crippen LogP contribution in [-0.4, -0.2) is 53.8 Å². The standard InChI is InChI=1S/C11H20N4O3/c12-5-1-3-7-14-9(16)10(17)15(11(14)18)8-4-2-6-13/h1-8,12-13H2. The summed E-state index contributed by atoms with van der Waals surface area (Å²) in [5.74, 6) is -1.46. The summed E-state index contributed by atoms with van der Waals surface area (Å²) < 4.78 is 0. The van der Waals surface area contributed by atoms with Gasteiger partial charge >= 0.3 is 17.8 Å². The van der Waals surface area contributed by atoms with Crippen molar-refractivity contribution in [1.82, 2.24) is 9.80 Å². The number of hydrogen-bond acceptors (Lipinski definition) is 5. The molecule has 0 radical (unpaired) electrons. The number of rotatable bonds is 8. The zero-order valence-corrected chi connectivity index (χ0v) is 10.4. The molecule has 0 aromatic heterocycles. The van der Waals surface area contributed by atoms with Crippen molar-refractivity contribution >= 4 is 17.8 Å². The summed E-state index contributed by atoms with van der Waals surface area (Å²) in [6, 6.07) is -0.515. The number of unbranched alkanes of at least 4 members (excludes halogenated alkanes) is 2. The summed E-state index contributed by atoms with van der Waals surface area (Å²) in [7, 11) is 0. The van der Waals surface area contributed by atoms with Crippen LogP contribution in [0.3, 0.4) is 0 Å². The molecule has 1 aliphatic heterocycles. The van der Waals surface area contributed by atoms with Gasteiger partial charge in [0.1, 0.15) is 0 Å². The molecule has 4 amide bonds. The largest absolute Gasteiger partial charge is 0.334 e. The Bertz CT molecular complexity index is 302. The Morgan fingerprint density at radius 1 is 0.722 bits per heavy atom. The molecule has 102 valence electrons. The van der Waals surface area contributed by atoms with Crippen molar-refractivity contribution in [2.45, 2.75) is 25.7 Å². The van der Waals surface area contributed by atoms with Crippen LogP contribution in [0, 0.1) is 0 Å². The first-order valence-electron chi connectivity index (χ1n) is 6.21. The monoisotopic (exact) mass is 256 g/mol. The predicted octanol–water partition coefficient (Wildman–Crippen LogP) is -0.745. The molecule has 0 aromatic carbocycles. The third-order valence-electron chi connectivity index (χ3n) is 2.81. The van der Waals surface area contributed by atoms with Gasteiger partial charge in [-0.25, -0.2) is 4.79 Å². The average molecular weight is 256 g/mol. The highest BCUT2D eigenvalue weighted by Crippen LogP contribution is 2.13. The summed E-state index contributed by atoms with van der Waals surface area (Å²) in [4.78, 5) is 37.1. The molecule has 1 aliphatic rings. The number of carbonyl (C=O) groups excluding carboxylic acids is 3. The van der Waals surface area contributed by atoms with Crippen LogP contribution in [0.4, 0.5) is 4.79 Å². The topological polar surface area (TPSA) is 110 Å². The molecule has 1 rings (SSSR count). The minimum Gasteiger partial charge on any atom is -0.330 e. The Morgan fingerprint density at radius 3 is 1.44 bits per heavy atom. The SMILES string of the molecule is NCCCCN1C(=O)C(=O)N(CCCCN)C1=O.